The van der Waals surface area contributed by atoms with Crippen LogP contribution >= 0.6 is 23.2 Å². The number of amides is 1. The van der Waals surface area contributed by atoms with Gasteiger partial charge in [0.15, 0.2) is 6.10 Å². The van der Waals surface area contributed by atoms with E-state index in [9.17, 15) is 9.59 Å². The van der Waals surface area contributed by atoms with Gasteiger partial charge >= 0.3 is 5.97 Å². The predicted octanol–water partition coefficient (Wildman–Crippen LogP) is 3.58. The van der Waals surface area contributed by atoms with Gasteiger partial charge in [0.2, 0.25) is 0 Å². The summed E-state index contributed by atoms with van der Waals surface area (Å²) in [5.41, 5.74) is 1.35. The highest BCUT2D eigenvalue weighted by atomic mass is 35.5. The van der Waals surface area contributed by atoms with Crippen molar-refractivity contribution in [1.82, 2.24) is 5.32 Å². The normalized spacial score (nSPS) is 12.9. The Kier molecular flexibility index (Phi) is 7.45. The molecule has 1 amide bonds. The number of halogens is 2. The summed E-state index contributed by atoms with van der Waals surface area (Å²) in [7, 11) is 2.69. The van der Waals surface area contributed by atoms with E-state index in [2.05, 4.69) is 5.32 Å². The number of esters is 1. The van der Waals surface area contributed by atoms with Crippen molar-refractivity contribution in [3.05, 3.63) is 69.7 Å². The summed E-state index contributed by atoms with van der Waals surface area (Å²) in [6.07, 6.45) is -0.677. The number of nitrogens with one attached hydrogen (secondary N) is 1. The number of ether oxygens (including phenoxy) is 2. The number of carbonyl (C=O) groups is 2. The van der Waals surface area contributed by atoms with Crippen LogP contribution in [0.4, 0.5) is 0 Å². The highest BCUT2D eigenvalue weighted by Gasteiger charge is 2.28. The van der Waals surface area contributed by atoms with Crippen LogP contribution in [0, 0.1) is 0 Å². The first-order chi connectivity index (χ1) is 12.5. The Balaban J connectivity index is 2.19. The Morgan fingerprint density at radius 3 is 2.35 bits per heavy atom. The van der Waals surface area contributed by atoms with Crippen LogP contribution in [0.1, 0.15) is 17.2 Å². The van der Waals surface area contributed by atoms with Gasteiger partial charge in [-0.05, 0) is 23.3 Å². The standard InChI is InChI=1S/C19H19Cl2NO4/c1-25-17(12-6-4-3-5-7-12)18(23)22-16(19(24)26-2)10-13-8-9-14(20)11-15(13)21/h3-9,11,16-17H,10H2,1-2H3,(H,22,23)/t16-,17-/m0/s1. The first-order valence-corrected chi connectivity index (χ1v) is 8.61. The minimum atomic E-state index is -0.910. The Morgan fingerprint density at radius 1 is 1.08 bits per heavy atom. The van der Waals surface area contributed by atoms with Crippen molar-refractivity contribution >= 4 is 35.1 Å². The van der Waals surface area contributed by atoms with Gasteiger partial charge in [0.05, 0.1) is 7.11 Å². The minimum Gasteiger partial charge on any atom is -0.467 e. The van der Waals surface area contributed by atoms with Crippen LogP contribution in [0.25, 0.3) is 0 Å². The van der Waals surface area contributed by atoms with Crippen LogP contribution in [-0.2, 0) is 25.5 Å². The van der Waals surface area contributed by atoms with Crippen molar-refractivity contribution in [3.63, 3.8) is 0 Å². The SMILES string of the molecule is COC(=O)[C@H](Cc1ccc(Cl)cc1Cl)NC(=O)[C@@H](OC)c1ccccc1. The molecule has 0 aromatic heterocycles. The number of benzene rings is 2. The second kappa shape index (κ2) is 9.57. The Morgan fingerprint density at radius 2 is 1.77 bits per heavy atom. The molecule has 2 aromatic carbocycles. The van der Waals surface area contributed by atoms with E-state index in [0.29, 0.717) is 21.2 Å². The van der Waals surface area contributed by atoms with Crippen molar-refractivity contribution in [3.8, 4) is 0 Å². The molecule has 0 aliphatic heterocycles. The first-order valence-electron chi connectivity index (χ1n) is 7.86. The van der Waals surface area contributed by atoms with Crippen LogP contribution in [0.5, 0.6) is 0 Å². The molecule has 138 valence electrons. The molecule has 0 saturated heterocycles. The van der Waals surface area contributed by atoms with E-state index in [1.807, 2.05) is 6.07 Å². The fourth-order valence-electron chi connectivity index (χ4n) is 2.51. The maximum atomic E-state index is 12.6. The average Bonchev–Trinajstić information content (AvgIpc) is 2.64. The Hall–Kier alpha value is -2.08. The molecule has 1 N–H and O–H groups in total. The van der Waals surface area contributed by atoms with Crippen molar-refractivity contribution in [2.75, 3.05) is 14.2 Å². The molecule has 0 heterocycles. The third-order valence-corrected chi connectivity index (χ3v) is 4.40. The summed E-state index contributed by atoms with van der Waals surface area (Å²) in [4.78, 5) is 24.8. The molecule has 26 heavy (non-hydrogen) atoms. The molecule has 0 radical (unpaired) electrons. The second-order valence-electron chi connectivity index (χ2n) is 5.55. The first kappa shape index (κ1) is 20.2. The molecule has 0 unspecified atom stereocenters. The molecule has 5 nitrogen and oxygen atoms in total. The summed E-state index contributed by atoms with van der Waals surface area (Å²) >= 11 is 12.1. The Bertz CT molecular complexity index is 767. The molecule has 0 fully saturated rings. The van der Waals surface area contributed by atoms with Crippen LogP contribution in [-0.4, -0.2) is 32.1 Å². The number of rotatable bonds is 7. The van der Waals surface area contributed by atoms with E-state index in [4.69, 9.17) is 32.7 Å². The van der Waals surface area contributed by atoms with Gasteiger partial charge < -0.3 is 14.8 Å². The predicted molar refractivity (Wildman–Crippen MR) is 100 cm³/mol. The molecule has 0 aliphatic carbocycles. The van der Waals surface area contributed by atoms with Crippen LogP contribution in [0.3, 0.4) is 0 Å². The van der Waals surface area contributed by atoms with E-state index in [1.165, 1.54) is 14.2 Å². The molecule has 0 saturated carbocycles. The van der Waals surface area contributed by atoms with Crippen molar-refractivity contribution < 1.29 is 19.1 Å². The highest BCUT2D eigenvalue weighted by Crippen LogP contribution is 2.23. The molecule has 0 spiro atoms. The van der Waals surface area contributed by atoms with E-state index in [-0.39, 0.29) is 6.42 Å². The van der Waals surface area contributed by atoms with Gasteiger partial charge in [0.1, 0.15) is 6.04 Å². The van der Waals surface area contributed by atoms with Gasteiger partial charge in [-0.25, -0.2) is 4.79 Å². The van der Waals surface area contributed by atoms with Crippen LogP contribution in [0.2, 0.25) is 10.0 Å². The van der Waals surface area contributed by atoms with E-state index < -0.39 is 24.0 Å². The zero-order chi connectivity index (χ0) is 19.1. The quantitative estimate of drug-likeness (QED) is 0.727. The minimum absolute atomic E-state index is 0.166. The number of carbonyl (C=O) groups excluding carboxylic acids is 2. The van der Waals surface area contributed by atoms with E-state index >= 15 is 0 Å². The van der Waals surface area contributed by atoms with E-state index in [0.717, 1.165) is 0 Å². The molecule has 0 bridgehead atoms. The van der Waals surface area contributed by atoms with Crippen molar-refractivity contribution in [2.45, 2.75) is 18.6 Å². The summed E-state index contributed by atoms with van der Waals surface area (Å²) in [6.45, 7) is 0. The zero-order valence-electron chi connectivity index (χ0n) is 14.4. The number of methoxy groups -OCH3 is 2. The molecule has 2 atom stereocenters. The lowest BCUT2D eigenvalue weighted by atomic mass is 10.0. The highest BCUT2D eigenvalue weighted by molar-refractivity contribution is 6.35. The fourth-order valence-corrected chi connectivity index (χ4v) is 3.00. The second-order valence-corrected chi connectivity index (χ2v) is 6.39. The van der Waals surface area contributed by atoms with Gasteiger partial charge in [-0.2, -0.15) is 0 Å². The van der Waals surface area contributed by atoms with Gasteiger partial charge in [-0.3, -0.25) is 4.79 Å². The lowest BCUT2D eigenvalue weighted by Gasteiger charge is -2.21. The van der Waals surface area contributed by atoms with Gasteiger partial charge in [-0.1, -0.05) is 59.6 Å². The molecular formula is C19H19Cl2NO4. The van der Waals surface area contributed by atoms with Gasteiger partial charge in [-0.15, -0.1) is 0 Å². The third kappa shape index (κ3) is 5.21. The topological polar surface area (TPSA) is 64.6 Å². The monoisotopic (exact) mass is 395 g/mol. The van der Waals surface area contributed by atoms with E-state index in [1.54, 1.807) is 42.5 Å². The lowest BCUT2D eigenvalue weighted by Crippen LogP contribution is -2.45. The van der Waals surface area contributed by atoms with Crippen LogP contribution < -0.4 is 5.32 Å². The number of hydrogen-bond acceptors (Lipinski definition) is 4. The Labute approximate surface area is 162 Å². The molecular weight excluding hydrogens is 377 g/mol. The van der Waals surface area contributed by atoms with Crippen molar-refractivity contribution in [1.29, 1.82) is 0 Å². The average molecular weight is 396 g/mol. The van der Waals surface area contributed by atoms with Crippen molar-refractivity contribution in [2.24, 2.45) is 0 Å². The lowest BCUT2D eigenvalue weighted by molar-refractivity contribution is -0.146. The molecule has 2 rings (SSSR count). The molecule has 7 heteroatoms. The maximum Gasteiger partial charge on any atom is 0.328 e. The smallest absolute Gasteiger partial charge is 0.328 e. The largest absolute Gasteiger partial charge is 0.467 e. The molecule has 0 aliphatic rings. The summed E-state index contributed by atoms with van der Waals surface area (Å²) in [5, 5.41) is 3.57. The maximum absolute atomic E-state index is 12.6. The fraction of sp³-hybridized carbons (Fsp3) is 0.263. The summed E-state index contributed by atoms with van der Waals surface area (Å²) in [6, 6.07) is 13.0. The van der Waals surface area contributed by atoms with Gasteiger partial charge in [0.25, 0.3) is 5.91 Å². The number of hydrogen-bond donors (Lipinski definition) is 1. The molecule has 2 aromatic rings. The van der Waals surface area contributed by atoms with Gasteiger partial charge in [0, 0.05) is 23.6 Å². The van der Waals surface area contributed by atoms with Crippen LogP contribution in [0.15, 0.2) is 48.5 Å². The zero-order valence-corrected chi connectivity index (χ0v) is 15.9. The summed E-state index contributed by atoms with van der Waals surface area (Å²) < 4.78 is 10.1. The third-order valence-electron chi connectivity index (χ3n) is 3.82. The summed E-state index contributed by atoms with van der Waals surface area (Å²) in [5.74, 6) is -1.02.